The predicted molar refractivity (Wildman–Crippen MR) is 68.6 cm³/mol. The minimum absolute atomic E-state index is 0. The second-order valence-electron chi connectivity index (χ2n) is 4.28. The van der Waals surface area contributed by atoms with Gasteiger partial charge < -0.3 is 15.1 Å². The zero-order valence-electron chi connectivity index (χ0n) is 10.2. The maximum atomic E-state index is 9.72. The molecule has 1 aromatic carbocycles. The molecule has 92 valence electrons. The smallest absolute Gasteiger partial charge is 0.119 e. The van der Waals surface area contributed by atoms with Crippen molar-refractivity contribution in [1.29, 1.82) is 0 Å². The lowest BCUT2D eigenvalue weighted by molar-refractivity contribution is 0.309. The van der Waals surface area contributed by atoms with Crippen molar-refractivity contribution in [3.63, 3.8) is 0 Å². The molecule has 0 aliphatic rings. The first-order valence-corrected chi connectivity index (χ1v) is 5.09. The van der Waals surface area contributed by atoms with Gasteiger partial charge in [0.05, 0.1) is 0 Å². The number of phenolic OH excluding ortho intramolecular Hbond substituents is 2. The largest absolute Gasteiger partial charge is 0.508 e. The maximum absolute atomic E-state index is 9.72. The standard InChI is InChI=1S/C12H19NO2.ClH/c1-8-5-12(15)10(7-11(8)14)6-9(2)13(3)4;/h5,7,9,14-15H,6H2,1-4H3;1H. The SMILES string of the molecule is Cc1cc(O)c(CC(C)N(C)C)cc1O.Cl. The first-order chi connectivity index (χ1) is 6.91. The highest BCUT2D eigenvalue weighted by Gasteiger charge is 2.11. The van der Waals surface area contributed by atoms with Crippen LogP contribution in [0, 0.1) is 6.92 Å². The number of aryl methyl sites for hydroxylation is 1. The van der Waals surface area contributed by atoms with Crippen molar-refractivity contribution in [2.45, 2.75) is 26.3 Å². The fourth-order valence-corrected chi connectivity index (χ4v) is 1.39. The van der Waals surface area contributed by atoms with Gasteiger partial charge in [-0.3, -0.25) is 0 Å². The summed E-state index contributed by atoms with van der Waals surface area (Å²) in [5.74, 6) is 0.507. The molecule has 3 nitrogen and oxygen atoms in total. The molecule has 0 aliphatic heterocycles. The summed E-state index contributed by atoms with van der Waals surface area (Å²) in [5, 5.41) is 19.3. The maximum Gasteiger partial charge on any atom is 0.119 e. The van der Waals surface area contributed by atoms with Crippen molar-refractivity contribution >= 4 is 12.4 Å². The molecular weight excluding hydrogens is 226 g/mol. The molecule has 0 radical (unpaired) electrons. The van der Waals surface area contributed by atoms with E-state index in [4.69, 9.17) is 0 Å². The molecule has 1 rings (SSSR count). The third-order valence-electron chi connectivity index (χ3n) is 2.79. The number of aromatic hydroxyl groups is 2. The number of halogens is 1. The highest BCUT2D eigenvalue weighted by Crippen LogP contribution is 2.27. The quantitative estimate of drug-likeness (QED) is 0.804. The van der Waals surface area contributed by atoms with E-state index in [2.05, 4.69) is 11.8 Å². The van der Waals surface area contributed by atoms with Crippen molar-refractivity contribution in [3.05, 3.63) is 23.3 Å². The minimum atomic E-state index is 0. The summed E-state index contributed by atoms with van der Waals surface area (Å²) < 4.78 is 0. The van der Waals surface area contributed by atoms with Crippen LogP contribution in [0.15, 0.2) is 12.1 Å². The Bertz CT molecular complexity index is 353. The van der Waals surface area contributed by atoms with Crippen molar-refractivity contribution in [3.8, 4) is 11.5 Å². The van der Waals surface area contributed by atoms with Crippen LogP contribution in [-0.4, -0.2) is 35.3 Å². The van der Waals surface area contributed by atoms with E-state index in [1.807, 2.05) is 14.1 Å². The van der Waals surface area contributed by atoms with Crippen LogP contribution in [0.1, 0.15) is 18.1 Å². The van der Waals surface area contributed by atoms with Crippen LogP contribution in [-0.2, 0) is 6.42 Å². The number of hydrogen-bond donors (Lipinski definition) is 2. The van der Waals surface area contributed by atoms with E-state index in [-0.39, 0.29) is 23.9 Å². The van der Waals surface area contributed by atoms with E-state index >= 15 is 0 Å². The molecule has 2 N–H and O–H groups in total. The van der Waals surface area contributed by atoms with Crippen molar-refractivity contribution in [2.75, 3.05) is 14.1 Å². The van der Waals surface area contributed by atoms with Gasteiger partial charge in [-0.15, -0.1) is 12.4 Å². The molecule has 1 unspecified atom stereocenters. The van der Waals surface area contributed by atoms with Crippen LogP contribution in [0.25, 0.3) is 0 Å². The van der Waals surface area contributed by atoms with Gasteiger partial charge in [-0.1, -0.05) is 0 Å². The van der Waals surface area contributed by atoms with Crippen LogP contribution in [0.2, 0.25) is 0 Å². The molecule has 0 aromatic heterocycles. The van der Waals surface area contributed by atoms with E-state index in [0.717, 1.165) is 12.0 Å². The summed E-state index contributed by atoms with van der Waals surface area (Å²) in [6.07, 6.45) is 0.729. The molecule has 0 spiro atoms. The van der Waals surface area contributed by atoms with Crippen molar-refractivity contribution < 1.29 is 10.2 Å². The van der Waals surface area contributed by atoms with Crippen LogP contribution in [0.5, 0.6) is 11.5 Å². The molecule has 0 saturated heterocycles. The van der Waals surface area contributed by atoms with Gasteiger partial charge in [-0.2, -0.15) is 0 Å². The Morgan fingerprint density at radius 1 is 1.19 bits per heavy atom. The normalized spacial score (nSPS) is 12.3. The lowest BCUT2D eigenvalue weighted by atomic mass is 10.0. The first kappa shape index (κ1) is 15.1. The Morgan fingerprint density at radius 2 is 1.75 bits per heavy atom. The van der Waals surface area contributed by atoms with Gasteiger partial charge in [0.15, 0.2) is 0 Å². The lowest BCUT2D eigenvalue weighted by Crippen LogP contribution is -2.26. The Hall–Kier alpha value is -0.930. The van der Waals surface area contributed by atoms with E-state index < -0.39 is 0 Å². The Balaban J connectivity index is 0.00000225. The van der Waals surface area contributed by atoms with E-state index in [1.165, 1.54) is 0 Å². The van der Waals surface area contributed by atoms with Crippen LogP contribution < -0.4 is 0 Å². The molecule has 0 fully saturated rings. The zero-order chi connectivity index (χ0) is 11.6. The summed E-state index contributed by atoms with van der Waals surface area (Å²) in [6, 6.07) is 3.58. The Kier molecular flexibility index (Phi) is 5.62. The van der Waals surface area contributed by atoms with E-state index in [1.54, 1.807) is 19.1 Å². The van der Waals surface area contributed by atoms with Gasteiger partial charge in [0.1, 0.15) is 11.5 Å². The average Bonchev–Trinajstić information content (AvgIpc) is 2.13. The third kappa shape index (κ3) is 3.58. The van der Waals surface area contributed by atoms with Gasteiger partial charge in [0.2, 0.25) is 0 Å². The van der Waals surface area contributed by atoms with Crippen molar-refractivity contribution in [2.24, 2.45) is 0 Å². The summed E-state index contributed by atoms with van der Waals surface area (Å²) in [5.41, 5.74) is 1.49. The molecular formula is C12H20ClNO2. The molecule has 0 saturated carbocycles. The molecule has 0 amide bonds. The monoisotopic (exact) mass is 245 g/mol. The molecule has 0 aliphatic carbocycles. The van der Waals surface area contributed by atoms with Crippen LogP contribution >= 0.6 is 12.4 Å². The highest BCUT2D eigenvalue weighted by molar-refractivity contribution is 5.85. The second-order valence-corrected chi connectivity index (χ2v) is 4.28. The number of phenols is 2. The van der Waals surface area contributed by atoms with Gasteiger partial charge in [0.25, 0.3) is 0 Å². The number of hydrogen-bond acceptors (Lipinski definition) is 3. The summed E-state index contributed by atoms with van der Waals surface area (Å²) in [6.45, 7) is 3.85. The van der Waals surface area contributed by atoms with Gasteiger partial charge in [-0.05, 0) is 57.6 Å². The summed E-state index contributed by atoms with van der Waals surface area (Å²) in [7, 11) is 3.99. The number of nitrogens with zero attached hydrogens (tertiary/aromatic N) is 1. The minimum Gasteiger partial charge on any atom is -0.508 e. The highest BCUT2D eigenvalue weighted by atomic mass is 35.5. The molecule has 0 bridgehead atoms. The lowest BCUT2D eigenvalue weighted by Gasteiger charge is -2.20. The summed E-state index contributed by atoms with van der Waals surface area (Å²) >= 11 is 0. The number of rotatable bonds is 3. The fourth-order valence-electron chi connectivity index (χ4n) is 1.39. The van der Waals surface area contributed by atoms with Crippen LogP contribution in [0.4, 0.5) is 0 Å². The number of likely N-dealkylation sites (N-methyl/N-ethyl adjacent to an activating group) is 1. The topological polar surface area (TPSA) is 43.7 Å². The summed E-state index contributed by atoms with van der Waals surface area (Å²) in [4.78, 5) is 2.08. The second kappa shape index (κ2) is 5.97. The first-order valence-electron chi connectivity index (χ1n) is 5.09. The van der Waals surface area contributed by atoms with Crippen molar-refractivity contribution in [1.82, 2.24) is 4.90 Å². The van der Waals surface area contributed by atoms with Gasteiger partial charge in [-0.25, -0.2) is 0 Å². The predicted octanol–water partition coefficient (Wildman–Crippen LogP) is 2.32. The average molecular weight is 246 g/mol. The molecule has 1 aromatic rings. The fraction of sp³-hybridized carbons (Fsp3) is 0.500. The molecule has 16 heavy (non-hydrogen) atoms. The van der Waals surface area contributed by atoms with Gasteiger partial charge in [0, 0.05) is 6.04 Å². The zero-order valence-corrected chi connectivity index (χ0v) is 11.0. The van der Waals surface area contributed by atoms with E-state index in [9.17, 15) is 10.2 Å². The number of benzene rings is 1. The molecule has 4 heteroatoms. The molecule has 1 atom stereocenters. The Labute approximate surface area is 103 Å². The van der Waals surface area contributed by atoms with E-state index in [0.29, 0.717) is 11.6 Å². The Morgan fingerprint density at radius 3 is 2.25 bits per heavy atom. The third-order valence-corrected chi connectivity index (χ3v) is 2.79. The van der Waals surface area contributed by atoms with Gasteiger partial charge >= 0.3 is 0 Å². The van der Waals surface area contributed by atoms with Crippen LogP contribution in [0.3, 0.4) is 0 Å². The molecule has 0 heterocycles.